The zero-order valence-corrected chi connectivity index (χ0v) is 10.2. The number of nitrogens with one attached hydrogen (secondary N) is 1. The number of aromatic nitrogens is 1. The molecule has 0 spiro atoms. The molecule has 1 heterocycles. The lowest BCUT2D eigenvalue weighted by atomic mass is 10.1. The standard InChI is InChI=1S/C13H20N2O2/c1-2-3-12(16)10-6-7-15(8-10)9-13(17)14-11-4-5-11/h6-8,11-12,16H,2-5,9H2,1H3,(H,14,17). The molecule has 94 valence electrons. The molecule has 1 aliphatic rings. The van der Waals surface area contributed by atoms with Crippen LogP contribution < -0.4 is 5.32 Å². The van der Waals surface area contributed by atoms with Gasteiger partial charge in [0.25, 0.3) is 0 Å². The Morgan fingerprint density at radius 1 is 1.65 bits per heavy atom. The van der Waals surface area contributed by atoms with Crippen molar-refractivity contribution in [3.8, 4) is 0 Å². The molecule has 0 saturated heterocycles. The maximum Gasteiger partial charge on any atom is 0.240 e. The fourth-order valence-corrected chi connectivity index (χ4v) is 1.86. The Morgan fingerprint density at radius 3 is 3.06 bits per heavy atom. The molecule has 2 rings (SSSR count). The zero-order valence-electron chi connectivity index (χ0n) is 10.2. The van der Waals surface area contributed by atoms with Gasteiger partial charge in [-0.1, -0.05) is 13.3 Å². The SMILES string of the molecule is CCCC(O)c1ccn(CC(=O)NC2CC2)c1. The second-order valence-corrected chi connectivity index (χ2v) is 4.76. The highest BCUT2D eigenvalue weighted by atomic mass is 16.3. The van der Waals surface area contributed by atoms with E-state index < -0.39 is 6.10 Å². The predicted octanol–water partition coefficient (Wildman–Crippen LogP) is 1.60. The van der Waals surface area contributed by atoms with Crippen LogP contribution in [0.25, 0.3) is 0 Å². The lowest BCUT2D eigenvalue weighted by molar-refractivity contribution is -0.121. The summed E-state index contributed by atoms with van der Waals surface area (Å²) >= 11 is 0. The topological polar surface area (TPSA) is 54.3 Å². The number of rotatable bonds is 6. The number of nitrogens with zero attached hydrogens (tertiary/aromatic N) is 1. The van der Waals surface area contributed by atoms with E-state index in [1.165, 1.54) is 0 Å². The molecule has 4 heteroatoms. The first-order valence-electron chi connectivity index (χ1n) is 6.32. The van der Waals surface area contributed by atoms with Gasteiger partial charge in [-0.15, -0.1) is 0 Å². The van der Waals surface area contributed by atoms with Crippen molar-refractivity contribution in [2.75, 3.05) is 0 Å². The largest absolute Gasteiger partial charge is 0.388 e. The van der Waals surface area contributed by atoms with Crippen LogP contribution >= 0.6 is 0 Å². The van der Waals surface area contributed by atoms with Gasteiger partial charge in [0.1, 0.15) is 6.54 Å². The molecule has 1 fully saturated rings. The minimum atomic E-state index is -0.409. The van der Waals surface area contributed by atoms with Gasteiger partial charge < -0.3 is 15.0 Å². The molecular weight excluding hydrogens is 216 g/mol. The summed E-state index contributed by atoms with van der Waals surface area (Å²) in [5, 5.41) is 12.8. The first kappa shape index (κ1) is 12.2. The highest BCUT2D eigenvalue weighted by Crippen LogP contribution is 2.19. The molecule has 1 saturated carbocycles. The minimum Gasteiger partial charge on any atom is -0.388 e. The Bertz CT molecular complexity index is 383. The number of carbonyl (C=O) groups excluding carboxylic acids is 1. The lowest BCUT2D eigenvalue weighted by Gasteiger charge is -2.07. The van der Waals surface area contributed by atoms with Gasteiger partial charge in [0.2, 0.25) is 5.91 Å². The predicted molar refractivity (Wildman–Crippen MR) is 65.5 cm³/mol. The molecule has 2 N–H and O–H groups in total. The highest BCUT2D eigenvalue weighted by Gasteiger charge is 2.23. The Morgan fingerprint density at radius 2 is 2.41 bits per heavy atom. The monoisotopic (exact) mass is 236 g/mol. The number of hydrogen-bond donors (Lipinski definition) is 2. The number of aliphatic hydroxyl groups excluding tert-OH is 1. The van der Waals surface area contributed by atoms with Gasteiger partial charge in [-0.25, -0.2) is 0 Å². The van der Waals surface area contributed by atoms with Crippen LogP contribution in [0, 0.1) is 0 Å². The highest BCUT2D eigenvalue weighted by molar-refractivity contribution is 5.76. The number of amides is 1. The van der Waals surface area contributed by atoms with E-state index in [1.807, 2.05) is 30.0 Å². The Kier molecular flexibility index (Phi) is 3.84. The first-order valence-corrected chi connectivity index (χ1v) is 6.32. The van der Waals surface area contributed by atoms with E-state index in [1.54, 1.807) is 0 Å². The quantitative estimate of drug-likeness (QED) is 0.788. The van der Waals surface area contributed by atoms with Gasteiger partial charge >= 0.3 is 0 Å². The number of aliphatic hydroxyl groups is 1. The minimum absolute atomic E-state index is 0.0552. The molecule has 17 heavy (non-hydrogen) atoms. The van der Waals surface area contributed by atoms with Crippen molar-refractivity contribution in [1.82, 2.24) is 9.88 Å². The summed E-state index contributed by atoms with van der Waals surface area (Å²) < 4.78 is 1.83. The van der Waals surface area contributed by atoms with Crippen LogP contribution in [0.4, 0.5) is 0 Å². The number of hydrogen-bond acceptors (Lipinski definition) is 2. The van der Waals surface area contributed by atoms with E-state index in [-0.39, 0.29) is 5.91 Å². The molecule has 1 aliphatic carbocycles. The maximum atomic E-state index is 11.6. The molecule has 0 aromatic carbocycles. The molecule has 0 radical (unpaired) electrons. The molecule has 1 aromatic rings. The number of carbonyl (C=O) groups is 1. The van der Waals surface area contributed by atoms with Crippen molar-refractivity contribution in [2.24, 2.45) is 0 Å². The molecule has 1 atom stereocenters. The summed E-state index contributed by atoms with van der Waals surface area (Å²) in [6.07, 6.45) is 7.23. The summed E-state index contributed by atoms with van der Waals surface area (Å²) in [6.45, 7) is 2.39. The average molecular weight is 236 g/mol. The van der Waals surface area contributed by atoms with E-state index in [0.29, 0.717) is 12.6 Å². The van der Waals surface area contributed by atoms with Crippen LogP contribution in [0.2, 0.25) is 0 Å². The van der Waals surface area contributed by atoms with Crippen LogP contribution in [-0.4, -0.2) is 21.6 Å². The van der Waals surface area contributed by atoms with E-state index in [9.17, 15) is 9.90 Å². The van der Waals surface area contributed by atoms with Gasteiger partial charge in [0.15, 0.2) is 0 Å². The third-order valence-corrected chi connectivity index (χ3v) is 2.99. The van der Waals surface area contributed by atoms with Crippen molar-refractivity contribution in [1.29, 1.82) is 0 Å². The summed E-state index contributed by atoms with van der Waals surface area (Å²) in [4.78, 5) is 11.6. The summed E-state index contributed by atoms with van der Waals surface area (Å²) in [5.41, 5.74) is 0.895. The van der Waals surface area contributed by atoms with E-state index >= 15 is 0 Å². The van der Waals surface area contributed by atoms with Crippen molar-refractivity contribution in [3.63, 3.8) is 0 Å². The molecule has 1 amide bonds. The Hall–Kier alpha value is -1.29. The molecule has 0 aliphatic heterocycles. The van der Waals surface area contributed by atoms with E-state index in [4.69, 9.17) is 0 Å². The van der Waals surface area contributed by atoms with Gasteiger partial charge in [-0.3, -0.25) is 4.79 Å². The van der Waals surface area contributed by atoms with Crippen LogP contribution in [-0.2, 0) is 11.3 Å². The van der Waals surface area contributed by atoms with Crippen molar-refractivity contribution >= 4 is 5.91 Å². The normalized spacial score (nSPS) is 16.8. The van der Waals surface area contributed by atoms with E-state index in [2.05, 4.69) is 5.32 Å². The second-order valence-electron chi connectivity index (χ2n) is 4.76. The molecule has 1 unspecified atom stereocenters. The van der Waals surface area contributed by atoms with Gasteiger partial charge in [0.05, 0.1) is 6.10 Å². The lowest BCUT2D eigenvalue weighted by Crippen LogP contribution is -2.28. The zero-order chi connectivity index (χ0) is 12.3. The molecule has 1 aromatic heterocycles. The Labute approximate surface area is 102 Å². The molecule has 0 bridgehead atoms. The summed E-state index contributed by atoms with van der Waals surface area (Å²) in [5.74, 6) is 0.0552. The third-order valence-electron chi connectivity index (χ3n) is 2.99. The van der Waals surface area contributed by atoms with Crippen molar-refractivity contribution in [3.05, 3.63) is 24.0 Å². The van der Waals surface area contributed by atoms with Crippen molar-refractivity contribution in [2.45, 2.75) is 51.3 Å². The smallest absolute Gasteiger partial charge is 0.240 e. The second kappa shape index (κ2) is 5.36. The van der Waals surface area contributed by atoms with E-state index in [0.717, 1.165) is 31.2 Å². The third kappa shape index (κ3) is 3.60. The first-order chi connectivity index (χ1) is 8.19. The van der Waals surface area contributed by atoms with Gasteiger partial charge in [-0.2, -0.15) is 0 Å². The van der Waals surface area contributed by atoms with Gasteiger partial charge in [-0.05, 0) is 30.9 Å². The van der Waals surface area contributed by atoms with Crippen LogP contribution in [0.3, 0.4) is 0 Å². The average Bonchev–Trinajstić information content (AvgIpc) is 2.95. The summed E-state index contributed by atoms with van der Waals surface area (Å²) in [7, 11) is 0. The Balaban J connectivity index is 1.86. The van der Waals surface area contributed by atoms with Crippen LogP contribution in [0.1, 0.15) is 44.3 Å². The maximum absolute atomic E-state index is 11.6. The van der Waals surface area contributed by atoms with Crippen molar-refractivity contribution < 1.29 is 9.90 Å². The fourth-order valence-electron chi connectivity index (χ4n) is 1.86. The summed E-state index contributed by atoms with van der Waals surface area (Å²) in [6, 6.07) is 2.29. The molecular formula is C13H20N2O2. The van der Waals surface area contributed by atoms with Crippen LogP contribution in [0.5, 0.6) is 0 Å². The fraction of sp³-hybridized carbons (Fsp3) is 0.615. The van der Waals surface area contributed by atoms with Crippen LogP contribution in [0.15, 0.2) is 18.5 Å². The van der Waals surface area contributed by atoms with Gasteiger partial charge in [0, 0.05) is 18.4 Å². The molecule has 4 nitrogen and oxygen atoms in total.